The van der Waals surface area contributed by atoms with Gasteiger partial charge in [-0.15, -0.1) is 0 Å². The third kappa shape index (κ3) is 5.43. The van der Waals surface area contributed by atoms with Crippen molar-refractivity contribution in [3.8, 4) is 0 Å². The summed E-state index contributed by atoms with van der Waals surface area (Å²) in [5.41, 5.74) is 1.65. The fraction of sp³-hybridized carbons (Fsp3) is 0.500. The van der Waals surface area contributed by atoms with E-state index in [1.807, 2.05) is 25.1 Å². The van der Waals surface area contributed by atoms with E-state index in [-0.39, 0.29) is 18.9 Å². The molecule has 0 saturated carbocycles. The highest BCUT2D eigenvalue weighted by Crippen LogP contribution is 2.11. The number of aliphatic carboxylic acids is 1. The largest absolute Gasteiger partial charge is 0.481 e. The summed E-state index contributed by atoms with van der Waals surface area (Å²) in [7, 11) is 0. The third-order valence-electron chi connectivity index (χ3n) is 3.12. The molecule has 110 valence electrons. The maximum atomic E-state index is 12.5. The molecule has 0 radical (unpaired) electrons. The lowest BCUT2D eigenvalue weighted by Gasteiger charge is -2.23. The zero-order valence-electron chi connectivity index (χ0n) is 12.4. The molecule has 0 spiro atoms. The average molecular weight is 277 g/mol. The highest BCUT2D eigenvalue weighted by atomic mass is 16.4. The van der Waals surface area contributed by atoms with Gasteiger partial charge in [-0.05, 0) is 31.4 Å². The highest BCUT2D eigenvalue weighted by Gasteiger charge is 2.17. The van der Waals surface area contributed by atoms with Crippen molar-refractivity contribution in [3.05, 3.63) is 35.4 Å². The second-order valence-corrected chi connectivity index (χ2v) is 5.49. The molecule has 20 heavy (non-hydrogen) atoms. The van der Waals surface area contributed by atoms with Crippen molar-refractivity contribution in [2.45, 2.75) is 33.6 Å². The van der Waals surface area contributed by atoms with Crippen LogP contribution in [0.5, 0.6) is 0 Å². The van der Waals surface area contributed by atoms with Gasteiger partial charge in [0, 0.05) is 18.7 Å². The molecule has 1 amide bonds. The lowest BCUT2D eigenvalue weighted by atomic mass is 10.1. The van der Waals surface area contributed by atoms with Crippen LogP contribution in [0.15, 0.2) is 24.3 Å². The van der Waals surface area contributed by atoms with E-state index in [4.69, 9.17) is 5.11 Å². The summed E-state index contributed by atoms with van der Waals surface area (Å²) in [6.07, 6.45) is 0.854. The quantitative estimate of drug-likeness (QED) is 0.833. The number of amides is 1. The molecule has 0 bridgehead atoms. The number of carbonyl (C=O) groups excluding carboxylic acids is 1. The van der Waals surface area contributed by atoms with Crippen molar-refractivity contribution in [3.63, 3.8) is 0 Å². The fourth-order valence-electron chi connectivity index (χ4n) is 1.92. The first-order valence-electron chi connectivity index (χ1n) is 6.98. The normalized spacial score (nSPS) is 10.6. The maximum Gasteiger partial charge on any atom is 0.305 e. The Kier molecular flexibility index (Phi) is 6.22. The predicted molar refractivity (Wildman–Crippen MR) is 78.8 cm³/mol. The molecule has 4 heteroatoms. The number of carboxylic acid groups (broad SMARTS) is 1. The van der Waals surface area contributed by atoms with Gasteiger partial charge in [0.2, 0.25) is 0 Å². The minimum Gasteiger partial charge on any atom is -0.481 e. The SMILES string of the molecule is Cc1cccc(C(=O)N(CCC(=O)O)CCC(C)C)c1. The first-order chi connectivity index (χ1) is 9.40. The number of hydrogen-bond acceptors (Lipinski definition) is 2. The maximum absolute atomic E-state index is 12.5. The molecule has 1 aromatic rings. The Labute approximate surface area is 120 Å². The van der Waals surface area contributed by atoms with Crippen LogP contribution < -0.4 is 0 Å². The average Bonchev–Trinajstić information content (AvgIpc) is 2.37. The van der Waals surface area contributed by atoms with Crippen molar-refractivity contribution in [2.24, 2.45) is 5.92 Å². The molecule has 0 saturated heterocycles. The number of aryl methyl sites for hydroxylation is 1. The van der Waals surface area contributed by atoms with Gasteiger partial charge < -0.3 is 10.0 Å². The van der Waals surface area contributed by atoms with E-state index in [0.29, 0.717) is 18.0 Å². The Morgan fingerprint density at radius 1 is 1.25 bits per heavy atom. The first-order valence-corrected chi connectivity index (χ1v) is 6.98. The van der Waals surface area contributed by atoms with E-state index in [1.54, 1.807) is 11.0 Å². The Balaban J connectivity index is 2.79. The standard InChI is InChI=1S/C16H23NO3/c1-12(2)7-9-17(10-8-15(18)19)16(20)14-6-4-5-13(3)11-14/h4-6,11-12H,7-10H2,1-3H3,(H,18,19). The van der Waals surface area contributed by atoms with Crippen LogP contribution in [0.2, 0.25) is 0 Å². The van der Waals surface area contributed by atoms with Crippen LogP contribution >= 0.6 is 0 Å². The van der Waals surface area contributed by atoms with Crippen LogP contribution in [0.25, 0.3) is 0 Å². The van der Waals surface area contributed by atoms with E-state index in [1.165, 1.54) is 0 Å². The molecule has 0 aliphatic rings. The Hall–Kier alpha value is -1.84. The number of nitrogens with zero attached hydrogens (tertiary/aromatic N) is 1. The van der Waals surface area contributed by atoms with Crippen molar-refractivity contribution in [1.82, 2.24) is 4.90 Å². The number of benzene rings is 1. The molecule has 0 heterocycles. The van der Waals surface area contributed by atoms with Gasteiger partial charge in [-0.1, -0.05) is 31.5 Å². The third-order valence-corrected chi connectivity index (χ3v) is 3.12. The summed E-state index contributed by atoms with van der Waals surface area (Å²) in [4.78, 5) is 24.8. The molecular weight excluding hydrogens is 254 g/mol. The van der Waals surface area contributed by atoms with Gasteiger partial charge >= 0.3 is 5.97 Å². The van der Waals surface area contributed by atoms with Crippen LogP contribution in [0.3, 0.4) is 0 Å². The molecule has 0 unspecified atom stereocenters. The minimum absolute atomic E-state index is 0.0182. The molecule has 0 fully saturated rings. The van der Waals surface area contributed by atoms with Crippen LogP contribution in [0.1, 0.15) is 42.6 Å². The minimum atomic E-state index is -0.878. The first kappa shape index (κ1) is 16.2. The van der Waals surface area contributed by atoms with Gasteiger partial charge in [0.05, 0.1) is 6.42 Å². The molecule has 1 aromatic carbocycles. The van der Waals surface area contributed by atoms with Crippen molar-refractivity contribution in [1.29, 1.82) is 0 Å². The van der Waals surface area contributed by atoms with Gasteiger partial charge in [0.1, 0.15) is 0 Å². The molecule has 1 N–H and O–H groups in total. The Bertz CT molecular complexity index is 469. The molecule has 0 aliphatic carbocycles. The zero-order chi connectivity index (χ0) is 15.1. The van der Waals surface area contributed by atoms with E-state index in [2.05, 4.69) is 13.8 Å². The summed E-state index contributed by atoms with van der Waals surface area (Å²) in [6.45, 7) is 6.97. The van der Waals surface area contributed by atoms with Crippen molar-refractivity contribution in [2.75, 3.05) is 13.1 Å². The Morgan fingerprint density at radius 2 is 1.95 bits per heavy atom. The molecule has 0 aliphatic heterocycles. The van der Waals surface area contributed by atoms with Crippen LogP contribution in [-0.4, -0.2) is 35.0 Å². The van der Waals surface area contributed by atoms with Crippen molar-refractivity contribution >= 4 is 11.9 Å². The fourth-order valence-corrected chi connectivity index (χ4v) is 1.92. The number of hydrogen-bond donors (Lipinski definition) is 1. The van der Waals surface area contributed by atoms with E-state index in [0.717, 1.165) is 12.0 Å². The highest BCUT2D eigenvalue weighted by molar-refractivity contribution is 5.94. The molecular formula is C16H23NO3. The van der Waals surface area contributed by atoms with Gasteiger partial charge in [0.15, 0.2) is 0 Å². The molecule has 4 nitrogen and oxygen atoms in total. The number of carboxylic acids is 1. The van der Waals surface area contributed by atoms with Gasteiger partial charge in [0.25, 0.3) is 5.91 Å². The van der Waals surface area contributed by atoms with Gasteiger partial charge in [-0.2, -0.15) is 0 Å². The topological polar surface area (TPSA) is 57.6 Å². The van der Waals surface area contributed by atoms with E-state index in [9.17, 15) is 9.59 Å². The summed E-state index contributed by atoms with van der Waals surface area (Å²) >= 11 is 0. The summed E-state index contributed by atoms with van der Waals surface area (Å²) in [5, 5.41) is 8.80. The van der Waals surface area contributed by atoms with Crippen molar-refractivity contribution < 1.29 is 14.7 Å². The summed E-state index contributed by atoms with van der Waals surface area (Å²) in [5.74, 6) is -0.486. The summed E-state index contributed by atoms with van der Waals surface area (Å²) < 4.78 is 0. The van der Waals surface area contributed by atoms with E-state index >= 15 is 0 Å². The monoisotopic (exact) mass is 277 g/mol. The zero-order valence-corrected chi connectivity index (χ0v) is 12.4. The lowest BCUT2D eigenvalue weighted by Crippen LogP contribution is -2.34. The molecule has 1 rings (SSSR count). The van der Waals surface area contributed by atoms with Crippen LogP contribution in [-0.2, 0) is 4.79 Å². The summed E-state index contributed by atoms with van der Waals surface area (Å²) in [6, 6.07) is 7.40. The second-order valence-electron chi connectivity index (χ2n) is 5.49. The number of carbonyl (C=O) groups is 2. The van der Waals surface area contributed by atoms with Gasteiger partial charge in [-0.3, -0.25) is 9.59 Å². The lowest BCUT2D eigenvalue weighted by molar-refractivity contribution is -0.137. The molecule has 0 atom stereocenters. The number of rotatable bonds is 7. The van der Waals surface area contributed by atoms with Crippen LogP contribution in [0.4, 0.5) is 0 Å². The Morgan fingerprint density at radius 3 is 2.50 bits per heavy atom. The van der Waals surface area contributed by atoms with Crippen LogP contribution in [0, 0.1) is 12.8 Å². The molecule has 0 aromatic heterocycles. The predicted octanol–water partition coefficient (Wildman–Crippen LogP) is 2.96. The second kappa shape index (κ2) is 7.68. The smallest absolute Gasteiger partial charge is 0.305 e. The van der Waals surface area contributed by atoms with Gasteiger partial charge in [-0.25, -0.2) is 0 Å². The van der Waals surface area contributed by atoms with E-state index < -0.39 is 5.97 Å².